The molecule has 102 valence electrons. The van der Waals surface area contributed by atoms with Gasteiger partial charge in [0.2, 0.25) is 0 Å². The van der Waals surface area contributed by atoms with E-state index in [1.807, 2.05) is 30.3 Å². The maximum atomic E-state index is 9.59. The van der Waals surface area contributed by atoms with Crippen molar-refractivity contribution in [1.29, 1.82) is 0 Å². The SMILES string of the molecule is CCCC.Oc1ccc(O)c(Cc2ccccc2)c1. The van der Waals surface area contributed by atoms with Crippen LogP contribution in [0.4, 0.5) is 0 Å². The Morgan fingerprint density at radius 2 is 1.47 bits per heavy atom. The van der Waals surface area contributed by atoms with E-state index in [2.05, 4.69) is 13.8 Å². The number of hydrogen-bond donors (Lipinski definition) is 2. The van der Waals surface area contributed by atoms with Crippen LogP contribution in [0.15, 0.2) is 48.5 Å². The minimum Gasteiger partial charge on any atom is -0.508 e. The van der Waals surface area contributed by atoms with Crippen molar-refractivity contribution in [2.75, 3.05) is 0 Å². The number of benzene rings is 2. The topological polar surface area (TPSA) is 40.5 Å². The number of unbranched alkanes of at least 4 members (excludes halogenated alkanes) is 1. The van der Waals surface area contributed by atoms with Crippen molar-refractivity contribution in [2.45, 2.75) is 33.1 Å². The molecule has 0 aliphatic rings. The predicted octanol–water partition coefficient (Wildman–Crippen LogP) is 4.50. The summed E-state index contributed by atoms with van der Waals surface area (Å²) in [4.78, 5) is 0. The van der Waals surface area contributed by atoms with Crippen LogP contribution in [0.1, 0.15) is 37.8 Å². The summed E-state index contributed by atoms with van der Waals surface area (Å²) < 4.78 is 0. The lowest BCUT2D eigenvalue weighted by Crippen LogP contribution is -1.88. The molecule has 2 aromatic carbocycles. The van der Waals surface area contributed by atoms with Crippen molar-refractivity contribution in [3.8, 4) is 11.5 Å². The first-order valence-electron chi connectivity index (χ1n) is 6.72. The molecule has 0 amide bonds. The molecule has 2 heteroatoms. The van der Waals surface area contributed by atoms with Gasteiger partial charge in [-0.2, -0.15) is 0 Å². The molecule has 0 aromatic heterocycles. The Labute approximate surface area is 115 Å². The molecule has 0 saturated heterocycles. The zero-order valence-electron chi connectivity index (χ0n) is 11.6. The molecule has 0 heterocycles. The molecule has 0 saturated carbocycles. The molecule has 2 aromatic rings. The molecule has 0 atom stereocenters. The second-order valence-electron chi connectivity index (χ2n) is 4.48. The van der Waals surface area contributed by atoms with Gasteiger partial charge in [-0.25, -0.2) is 0 Å². The third-order valence-corrected chi connectivity index (χ3v) is 2.80. The Kier molecular flexibility index (Phi) is 6.51. The molecular weight excluding hydrogens is 236 g/mol. The van der Waals surface area contributed by atoms with Gasteiger partial charge in [-0.1, -0.05) is 57.0 Å². The molecule has 0 aliphatic carbocycles. The summed E-state index contributed by atoms with van der Waals surface area (Å²) >= 11 is 0. The van der Waals surface area contributed by atoms with Crippen LogP contribution in [0.5, 0.6) is 11.5 Å². The van der Waals surface area contributed by atoms with Crippen LogP contribution in [-0.2, 0) is 6.42 Å². The lowest BCUT2D eigenvalue weighted by atomic mass is 10.0. The molecule has 0 spiro atoms. The fourth-order valence-corrected chi connectivity index (χ4v) is 1.53. The predicted molar refractivity (Wildman–Crippen MR) is 79.6 cm³/mol. The van der Waals surface area contributed by atoms with Crippen LogP contribution in [0.3, 0.4) is 0 Å². The summed E-state index contributed by atoms with van der Waals surface area (Å²) in [5.41, 5.74) is 1.85. The van der Waals surface area contributed by atoms with Crippen LogP contribution in [0.2, 0.25) is 0 Å². The van der Waals surface area contributed by atoms with E-state index >= 15 is 0 Å². The Morgan fingerprint density at radius 1 is 0.842 bits per heavy atom. The van der Waals surface area contributed by atoms with E-state index in [1.165, 1.54) is 25.0 Å². The highest BCUT2D eigenvalue weighted by molar-refractivity contribution is 5.41. The minimum atomic E-state index is 0.179. The van der Waals surface area contributed by atoms with Gasteiger partial charge < -0.3 is 10.2 Å². The number of aromatic hydroxyl groups is 2. The molecule has 0 radical (unpaired) electrons. The van der Waals surface area contributed by atoms with Crippen molar-refractivity contribution in [3.05, 3.63) is 59.7 Å². The third-order valence-electron chi connectivity index (χ3n) is 2.80. The van der Waals surface area contributed by atoms with Crippen LogP contribution in [0, 0.1) is 0 Å². The molecule has 2 N–H and O–H groups in total. The van der Waals surface area contributed by atoms with E-state index in [4.69, 9.17) is 0 Å². The zero-order valence-corrected chi connectivity index (χ0v) is 11.6. The van der Waals surface area contributed by atoms with Crippen molar-refractivity contribution < 1.29 is 10.2 Å². The smallest absolute Gasteiger partial charge is 0.119 e. The van der Waals surface area contributed by atoms with E-state index in [-0.39, 0.29) is 11.5 Å². The summed E-state index contributed by atoms with van der Waals surface area (Å²) in [7, 11) is 0. The van der Waals surface area contributed by atoms with Crippen LogP contribution in [-0.4, -0.2) is 10.2 Å². The largest absolute Gasteiger partial charge is 0.508 e. The summed E-state index contributed by atoms with van der Waals surface area (Å²) in [6, 6.07) is 14.4. The van der Waals surface area contributed by atoms with Crippen molar-refractivity contribution in [3.63, 3.8) is 0 Å². The van der Waals surface area contributed by atoms with Crippen LogP contribution >= 0.6 is 0 Å². The summed E-state index contributed by atoms with van der Waals surface area (Å²) in [5.74, 6) is 0.399. The van der Waals surface area contributed by atoms with E-state index in [9.17, 15) is 10.2 Å². The monoisotopic (exact) mass is 258 g/mol. The maximum absolute atomic E-state index is 9.59. The Bertz CT molecular complexity index is 476. The van der Waals surface area contributed by atoms with Gasteiger partial charge in [0.1, 0.15) is 11.5 Å². The van der Waals surface area contributed by atoms with Crippen molar-refractivity contribution >= 4 is 0 Å². The lowest BCUT2D eigenvalue weighted by molar-refractivity contribution is 0.455. The molecule has 2 rings (SSSR count). The molecule has 0 unspecified atom stereocenters. The highest BCUT2D eigenvalue weighted by Crippen LogP contribution is 2.24. The first-order valence-corrected chi connectivity index (χ1v) is 6.72. The first kappa shape index (κ1) is 15.1. The Morgan fingerprint density at radius 3 is 2.05 bits per heavy atom. The van der Waals surface area contributed by atoms with Gasteiger partial charge in [-0.3, -0.25) is 0 Å². The lowest BCUT2D eigenvalue weighted by Gasteiger charge is -2.05. The summed E-state index contributed by atoms with van der Waals surface area (Å²) in [6.07, 6.45) is 3.26. The first-order chi connectivity index (χ1) is 9.17. The van der Waals surface area contributed by atoms with Crippen LogP contribution in [0.25, 0.3) is 0 Å². The Hall–Kier alpha value is -1.96. The van der Waals surface area contributed by atoms with E-state index in [0.717, 1.165) is 11.1 Å². The minimum absolute atomic E-state index is 0.179. The van der Waals surface area contributed by atoms with Gasteiger partial charge in [-0.05, 0) is 23.8 Å². The number of phenolic OH excluding ortho intramolecular Hbond substituents is 2. The fraction of sp³-hybridized carbons (Fsp3) is 0.294. The molecule has 0 fully saturated rings. The summed E-state index contributed by atoms with van der Waals surface area (Å²) in [5, 5.41) is 18.9. The van der Waals surface area contributed by atoms with Gasteiger partial charge in [-0.15, -0.1) is 0 Å². The fourth-order valence-electron chi connectivity index (χ4n) is 1.53. The maximum Gasteiger partial charge on any atom is 0.119 e. The van der Waals surface area contributed by atoms with Gasteiger partial charge in [0.15, 0.2) is 0 Å². The van der Waals surface area contributed by atoms with E-state index in [0.29, 0.717) is 6.42 Å². The molecule has 0 bridgehead atoms. The zero-order chi connectivity index (χ0) is 14.1. The summed E-state index contributed by atoms with van der Waals surface area (Å²) in [6.45, 7) is 4.36. The molecule has 19 heavy (non-hydrogen) atoms. The second kappa shape index (κ2) is 8.20. The average Bonchev–Trinajstić information content (AvgIpc) is 2.44. The van der Waals surface area contributed by atoms with E-state index in [1.54, 1.807) is 6.07 Å². The third kappa shape index (κ3) is 5.47. The highest BCUT2D eigenvalue weighted by atomic mass is 16.3. The second-order valence-corrected chi connectivity index (χ2v) is 4.48. The van der Waals surface area contributed by atoms with Gasteiger partial charge in [0.25, 0.3) is 0 Å². The van der Waals surface area contributed by atoms with Gasteiger partial charge in [0, 0.05) is 12.0 Å². The van der Waals surface area contributed by atoms with Crippen LogP contribution < -0.4 is 0 Å². The Balaban J connectivity index is 0.000000399. The highest BCUT2D eigenvalue weighted by Gasteiger charge is 2.03. The number of hydrogen-bond acceptors (Lipinski definition) is 2. The molecular formula is C17H22O2. The van der Waals surface area contributed by atoms with E-state index < -0.39 is 0 Å². The van der Waals surface area contributed by atoms with Crippen molar-refractivity contribution in [2.24, 2.45) is 0 Å². The number of phenols is 2. The average molecular weight is 258 g/mol. The van der Waals surface area contributed by atoms with Crippen molar-refractivity contribution in [1.82, 2.24) is 0 Å². The van der Waals surface area contributed by atoms with Gasteiger partial charge in [0.05, 0.1) is 0 Å². The molecule has 2 nitrogen and oxygen atoms in total. The molecule has 0 aliphatic heterocycles. The normalized spacial score (nSPS) is 9.58. The quantitative estimate of drug-likeness (QED) is 0.796. The van der Waals surface area contributed by atoms with Gasteiger partial charge >= 0.3 is 0 Å². The standard InChI is InChI=1S/C13H12O2.C4H10/c14-12-6-7-13(15)11(9-12)8-10-4-2-1-3-5-10;1-3-4-2/h1-7,9,14-15H,8H2;3-4H2,1-2H3. The number of rotatable bonds is 3.